The highest BCUT2D eigenvalue weighted by molar-refractivity contribution is 9.10. The minimum Gasteiger partial charge on any atom is -0.444 e. The number of thiophene rings is 1. The third kappa shape index (κ3) is 6.54. The van der Waals surface area contributed by atoms with Crippen LogP contribution in [0.2, 0.25) is 0 Å². The zero-order chi connectivity index (χ0) is 25.0. The van der Waals surface area contributed by atoms with Crippen LogP contribution in [0.1, 0.15) is 32.0 Å². The molecule has 0 aliphatic rings. The lowest BCUT2D eigenvalue weighted by Crippen LogP contribution is -2.38. The lowest BCUT2D eigenvalue weighted by atomic mass is 10.1. The maximum atomic E-state index is 11.8. The minimum absolute atomic E-state index is 0.386. The van der Waals surface area contributed by atoms with Crippen molar-refractivity contribution in [1.82, 2.24) is 20.2 Å². The third-order valence-electron chi connectivity index (χ3n) is 5.56. The number of amides is 1. The summed E-state index contributed by atoms with van der Waals surface area (Å²) in [6.07, 6.45) is 0.378. The highest BCUT2D eigenvalue weighted by Gasteiger charge is 2.18. The number of halogens is 1. The molecule has 0 saturated heterocycles. The Morgan fingerprint density at radius 3 is 2.71 bits per heavy atom. The smallest absolute Gasteiger partial charge is 0.407 e. The second kappa shape index (κ2) is 11.0. The van der Waals surface area contributed by atoms with Crippen LogP contribution in [0.4, 0.5) is 10.6 Å². The quantitative estimate of drug-likeness (QED) is 0.235. The Labute approximate surface area is 218 Å². The monoisotopic (exact) mass is 557 g/mol. The second-order valence-electron chi connectivity index (χ2n) is 9.61. The number of rotatable bonds is 9. The van der Waals surface area contributed by atoms with E-state index in [4.69, 9.17) is 9.72 Å². The van der Waals surface area contributed by atoms with E-state index >= 15 is 0 Å². The standard InChI is InChI=1S/C26H32BrN5O2S/c1-26(2,3)34-25(33)29-11-13-32(4)12-10-28-24-21-18-7-5-6-8-19(18)30-23(21)22(27)20(31-24)15-17-9-14-35-16-17/h5-9,14,16,30H,10-13,15H2,1-4H3,(H,28,31)(H,29,33). The van der Waals surface area contributed by atoms with Gasteiger partial charge in [-0.2, -0.15) is 11.3 Å². The fourth-order valence-electron chi connectivity index (χ4n) is 3.91. The summed E-state index contributed by atoms with van der Waals surface area (Å²) in [4.78, 5) is 22.6. The van der Waals surface area contributed by atoms with Gasteiger partial charge in [-0.1, -0.05) is 18.2 Å². The predicted molar refractivity (Wildman–Crippen MR) is 149 cm³/mol. The first-order chi connectivity index (χ1) is 16.7. The van der Waals surface area contributed by atoms with Gasteiger partial charge in [-0.15, -0.1) is 0 Å². The first-order valence-corrected chi connectivity index (χ1v) is 13.4. The second-order valence-corrected chi connectivity index (χ2v) is 11.2. The number of likely N-dealkylation sites (N-methyl/N-ethyl adjacent to an activating group) is 1. The molecule has 0 fully saturated rings. The number of hydrogen-bond acceptors (Lipinski definition) is 6. The zero-order valence-corrected chi connectivity index (χ0v) is 23.0. The SMILES string of the molecule is CN(CCNC(=O)OC(C)(C)C)CCNc1nc(Cc2ccsc2)c(Br)c2[nH]c3ccccc3c12. The van der Waals surface area contributed by atoms with Gasteiger partial charge in [-0.3, -0.25) is 0 Å². The van der Waals surface area contributed by atoms with E-state index in [-0.39, 0.29) is 6.09 Å². The Kier molecular flexibility index (Phi) is 7.98. The summed E-state index contributed by atoms with van der Waals surface area (Å²) < 4.78 is 6.30. The number of pyridine rings is 1. The average molecular weight is 559 g/mol. The van der Waals surface area contributed by atoms with Crippen LogP contribution in [0.25, 0.3) is 21.8 Å². The van der Waals surface area contributed by atoms with Crippen molar-refractivity contribution in [2.24, 2.45) is 0 Å². The molecular formula is C26H32BrN5O2S. The summed E-state index contributed by atoms with van der Waals surface area (Å²) >= 11 is 5.52. The van der Waals surface area contributed by atoms with Gasteiger partial charge in [0.15, 0.2) is 0 Å². The topological polar surface area (TPSA) is 82.3 Å². The van der Waals surface area contributed by atoms with Gasteiger partial charge in [0.05, 0.1) is 21.1 Å². The largest absolute Gasteiger partial charge is 0.444 e. The number of hydrogen-bond donors (Lipinski definition) is 3. The predicted octanol–water partition coefficient (Wildman–Crippen LogP) is 6.00. The molecule has 0 aliphatic carbocycles. The number of nitrogens with one attached hydrogen (secondary N) is 3. The van der Waals surface area contributed by atoms with Crippen LogP contribution in [-0.2, 0) is 11.2 Å². The molecule has 0 aliphatic heterocycles. The molecule has 0 atom stereocenters. The maximum Gasteiger partial charge on any atom is 0.407 e. The zero-order valence-electron chi connectivity index (χ0n) is 20.6. The van der Waals surface area contributed by atoms with Crippen LogP contribution < -0.4 is 10.6 Å². The number of alkyl carbamates (subject to hydrolysis) is 1. The van der Waals surface area contributed by atoms with E-state index in [1.165, 1.54) is 5.56 Å². The van der Waals surface area contributed by atoms with Crippen LogP contribution in [-0.4, -0.2) is 59.8 Å². The lowest BCUT2D eigenvalue weighted by Gasteiger charge is -2.21. The molecule has 0 radical (unpaired) electrons. The van der Waals surface area contributed by atoms with Gasteiger partial charge in [0, 0.05) is 43.5 Å². The van der Waals surface area contributed by atoms with Crippen LogP contribution >= 0.6 is 27.3 Å². The molecule has 35 heavy (non-hydrogen) atoms. The summed E-state index contributed by atoms with van der Waals surface area (Å²) in [5.41, 5.74) is 3.91. The van der Waals surface area contributed by atoms with Crippen molar-refractivity contribution in [3.05, 3.63) is 56.8 Å². The van der Waals surface area contributed by atoms with E-state index < -0.39 is 5.60 Å². The maximum absolute atomic E-state index is 11.8. The Morgan fingerprint density at radius 2 is 1.97 bits per heavy atom. The molecule has 0 bridgehead atoms. The number of H-pyrrole nitrogens is 1. The molecular weight excluding hydrogens is 526 g/mol. The highest BCUT2D eigenvalue weighted by atomic mass is 79.9. The van der Waals surface area contributed by atoms with E-state index in [1.54, 1.807) is 11.3 Å². The van der Waals surface area contributed by atoms with Gasteiger partial charge in [0.1, 0.15) is 11.4 Å². The number of nitrogens with zero attached hydrogens (tertiary/aromatic N) is 2. The van der Waals surface area contributed by atoms with Crippen molar-refractivity contribution in [2.75, 3.05) is 38.5 Å². The summed E-state index contributed by atoms with van der Waals surface area (Å²) in [6, 6.07) is 10.5. The van der Waals surface area contributed by atoms with E-state index in [9.17, 15) is 4.79 Å². The lowest BCUT2D eigenvalue weighted by molar-refractivity contribution is 0.0524. The summed E-state index contributed by atoms with van der Waals surface area (Å²) in [5.74, 6) is 0.881. The van der Waals surface area contributed by atoms with E-state index in [0.717, 1.165) is 63.8 Å². The molecule has 1 amide bonds. The fourth-order valence-corrected chi connectivity index (χ4v) is 5.10. The third-order valence-corrected chi connectivity index (χ3v) is 7.15. The molecule has 3 heterocycles. The molecule has 0 spiro atoms. The van der Waals surface area contributed by atoms with E-state index in [1.807, 2.05) is 33.9 Å². The van der Waals surface area contributed by atoms with Crippen LogP contribution in [0.3, 0.4) is 0 Å². The van der Waals surface area contributed by atoms with Crippen molar-refractivity contribution < 1.29 is 9.53 Å². The summed E-state index contributed by atoms with van der Waals surface area (Å²) in [6.45, 7) is 8.35. The molecule has 9 heteroatoms. The van der Waals surface area contributed by atoms with E-state index in [0.29, 0.717) is 6.54 Å². The molecule has 186 valence electrons. The molecule has 0 unspecified atom stereocenters. The van der Waals surface area contributed by atoms with Gasteiger partial charge in [-0.05, 0) is 72.2 Å². The Morgan fingerprint density at radius 1 is 1.20 bits per heavy atom. The molecule has 1 aromatic carbocycles. The first kappa shape index (κ1) is 25.5. The molecule has 4 aromatic rings. The number of fused-ring (bicyclic) bond motifs is 3. The first-order valence-electron chi connectivity index (χ1n) is 11.7. The Bertz CT molecular complexity index is 1300. The van der Waals surface area contributed by atoms with Crippen LogP contribution in [0, 0.1) is 0 Å². The van der Waals surface area contributed by atoms with Crippen LogP contribution in [0.15, 0.2) is 45.6 Å². The number of anilines is 1. The molecule has 4 rings (SSSR count). The molecule has 3 N–H and O–H groups in total. The number of aromatic nitrogens is 2. The van der Waals surface area contributed by atoms with Crippen molar-refractivity contribution in [3.8, 4) is 0 Å². The van der Waals surface area contributed by atoms with Gasteiger partial charge in [-0.25, -0.2) is 9.78 Å². The number of carbonyl (C=O) groups is 1. The van der Waals surface area contributed by atoms with Crippen molar-refractivity contribution >= 4 is 61.0 Å². The molecule has 7 nitrogen and oxygen atoms in total. The van der Waals surface area contributed by atoms with Crippen molar-refractivity contribution in [1.29, 1.82) is 0 Å². The number of benzene rings is 1. The van der Waals surface area contributed by atoms with Gasteiger partial charge >= 0.3 is 6.09 Å². The van der Waals surface area contributed by atoms with Crippen LogP contribution in [0.5, 0.6) is 0 Å². The van der Waals surface area contributed by atoms with Gasteiger partial charge in [0.2, 0.25) is 0 Å². The van der Waals surface area contributed by atoms with E-state index in [2.05, 4.69) is 71.5 Å². The average Bonchev–Trinajstić information content (AvgIpc) is 3.43. The number of para-hydroxylation sites is 1. The van der Waals surface area contributed by atoms with Gasteiger partial charge < -0.3 is 25.3 Å². The fraction of sp³-hybridized carbons (Fsp3) is 0.385. The number of aromatic amines is 1. The Hall–Kier alpha value is -2.62. The highest BCUT2D eigenvalue weighted by Crippen LogP contribution is 2.37. The molecule has 0 saturated carbocycles. The van der Waals surface area contributed by atoms with Gasteiger partial charge in [0.25, 0.3) is 0 Å². The number of ether oxygens (including phenoxy) is 1. The van der Waals surface area contributed by atoms with Crippen molar-refractivity contribution in [2.45, 2.75) is 32.8 Å². The normalized spacial score (nSPS) is 11.9. The summed E-state index contributed by atoms with van der Waals surface area (Å²) in [7, 11) is 2.04. The summed E-state index contributed by atoms with van der Waals surface area (Å²) in [5, 5.41) is 12.9. The number of carbonyl (C=O) groups excluding carboxylic acids is 1. The van der Waals surface area contributed by atoms with Crippen molar-refractivity contribution in [3.63, 3.8) is 0 Å². The minimum atomic E-state index is -0.492. The Balaban J connectivity index is 1.45. The molecule has 3 aromatic heterocycles.